The van der Waals surface area contributed by atoms with Gasteiger partial charge in [0.15, 0.2) is 9.84 Å². The summed E-state index contributed by atoms with van der Waals surface area (Å²) in [5.74, 6) is -0.568. The molecule has 1 amide bonds. The standard InChI is InChI=1S/C22H29NO3S/c1-5-9-21(19-10-7-6-8-11-19)23-22(24)18(4)27(25,26)15-20-14-16(2)12-13-17(20)3/h6-8,10-14,18,21H,5,9,15H2,1-4H3,(H,23,24)/t18-,21-/m0/s1. The summed E-state index contributed by atoms with van der Waals surface area (Å²) in [6, 6.07) is 15.2. The molecule has 1 N–H and O–H groups in total. The van der Waals surface area contributed by atoms with Crippen LogP contribution in [0, 0.1) is 13.8 Å². The molecule has 0 unspecified atom stereocenters. The number of carbonyl (C=O) groups is 1. The van der Waals surface area contributed by atoms with Crippen LogP contribution in [0.2, 0.25) is 0 Å². The third-order valence-corrected chi connectivity index (χ3v) is 6.87. The normalized spacial score (nSPS) is 13.8. The summed E-state index contributed by atoms with van der Waals surface area (Å²) >= 11 is 0. The monoisotopic (exact) mass is 387 g/mol. The van der Waals surface area contributed by atoms with Gasteiger partial charge in [-0.05, 0) is 43.9 Å². The second kappa shape index (κ2) is 9.18. The van der Waals surface area contributed by atoms with Crippen molar-refractivity contribution in [2.75, 3.05) is 0 Å². The number of rotatable bonds is 8. The summed E-state index contributed by atoms with van der Waals surface area (Å²) in [7, 11) is -3.61. The second-order valence-corrected chi connectivity index (χ2v) is 9.46. The third-order valence-electron chi connectivity index (χ3n) is 4.87. The Labute approximate surface area is 162 Å². The minimum absolute atomic E-state index is 0.126. The average molecular weight is 388 g/mol. The molecule has 2 aromatic rings. The lowest BCUT2D eigenvalue weighted by molar-refractivity contribution is -0.121. The largest absolute Gasteiger partial charge is 0.348 e. The predicted molar refractivity (Wildman–Crippen MR) is 110 cm³/mol. The first kappa shape index (κ1) is 21.2. The molecule has 2 aromatic carbocycles. The molecular weight excluding hydrogens is 358 g/mol. The van der Waals surface area contributed by atoms with Crippen molar-refractivity contribution < 1.29 is 13.2 Å². The fourth-order valence-electron chi connectivity index (χ4n) is 3.05. The molecule has 146 valence electrons. The molecule has 0 aromatic heterocycles. The van der Waals surface area contributed by atoms with E-state index < -0.39 is 21.0 Å². The van der Waals surface area contributed by atoms with Gasteiger partial charge in [0.1, 0.15) is 5.25 Å². The third kappa shape index (κ3) is 5.67. The number of benzene rings is 2. The van der Waals surface area contributed by atoms with E-state index in [1.54, 1.807) is 0 Å². The Kier molecular flexibility index (Phi) is 7.19. The molecular formula is C22H29NO3S. The lowest BCUT2D eigenvalue weighted by atomic mass is 10.0. The van der Waals surface area contributed by atoms with Crippen molar-refractivity contribution in [3.63, 3.8) is 0 Å². The Hall–Kier alpha value is -2.14. The van der Waals surface area contributed by atoms with E-state index in [1.807, 2.05) is 69.3 Å². The molecule has 5 heteroatoms. The second-order valence-electron chi connectivity index (χ2n) is 7.14. The molecule has 0 radical (unpaired) electrons. The summed E-state index contributed by atoms with van der Waals surface area (Å²) in [6.07, 6.45) is 1.66. The molecule has 27 heavy (non-hydrogen) atoms. The van der Waals surface area contributed by atoms with Crippen LogP contribution in [0.5, 0.6) is 0 Å². The molecule has 0 aliphatic rings. The Bertz CT molecular complexity index is 876. The smallest absolute Gasteiger partial charge is 0.238 e. The molecule has 0 aliphatic heterocycles. The minimum atomic E-state index is -3.61. The van der Waals surface area contributed by atoms with Gasteiger partial charge in [-0.25, -0.2) is 8.42 Å². The van der Waals surface area contributed by atoms with Crippen LogP contribution in [-0.4, -0.2) is 19.6 Å². The zero-order chi connectivity index (χ0) is 20.0. The van der Waals surface area contributed by atoms with Gasteiger partial charge in [0.25, 0.3) is 0 Å². The van der Waals surface area contributed by atoms with Gasteiger partial charge in [-0.2, -0.15) is 0 Å². The van der Waals surface area contributed by atoms with E-state index in [0.717, 1.165) is 35.1 Å². The predicted octanol–water partition coefficient (Wildman–Crippen LogP) is 4.26. The summed E-state index contributed by atoms with van der Waals surface area (Å²) in [4.78, 5) is 12.7. The summed E-state index contributed by atoms with van der Waals surface area (Å²) < 4.78 is 25.6. The van der Waals surface area contributed by atoms with Gasteiger partial charge >= 0.3 is 0 Å². The van der Waals surface area contributed by atoms with Crippen molar-refractivity contribution >= 4 is 15.7 Å². The van der Waals surface area contributed by atoms with E-state index in [1.165, 1.54) is 6.92 Å². The van der Waals surface area contributed by atoms with Crippen LogP contribution in [-0.2, 0) is 20.4 Å². The van der Waals surface area contributed by atoms with Gasteiger partial charge in [-0.3, -0.25) is 4.79 Å². The van der Waals surface area contributed by atoms with Gasteiger partial charge in [0.2, 0.25) is 5.91 Å². The maximum Gasteiger partial charge on any atom is 0.238 e. The minimum Gasteiger partial charge on any atom is -0.348 e. The van der Waals surface area contributed by atoms with Crippen molar-refractivity contribution in [1.29, 1.82) is 0 Å². The van der Waals surface area contributed by atoms with Gasteiger partial charge in [0, 0.05) is 0 Å². The van der Waals surface area contributed by atoms with Crippen molar-refractivity contribution in [3.05, 3.63) is 70.8 Å². The van der Waals surface area contributed by atoms with Crippen molar-refractivity contribution in [1.82, 2.24) is 5.32 Å². The molecule has 2 atom stereocenters. The number of hydrogen-bond acceptors (Lipinski definition) is 3. The van der Waals surface area contributed by atoms with E-state index in [2.05, 4.69) is 5.32 Å². The molecule has 0 spiro atoms. The number of sulfone groups is 1. The Morgan fingerprint density at radius 2 is 1.74 bits per heavy atom. The maximum absolute atomic E-state index is 12.8. The van der Waals surface area contributed by atoms with Crippen LogP contribution in [0.15, 0.2) is 48.5 Å². The van der Waals surface area contributed by atoms with Crippen LogP contribution in [0.3, 0.4) is 0 Å². The molecule has 0 aliphatic carbocycles. The molecule has 0 heterocycles. The highest BCUT2D eigenvalue weighted by atomic mass is 32.2. The number of amides is 1. The van der Waals surface area contributed by atoms with Crippen LogP contribution >= 0.6 is 0 Å². The first-order valence-corrected chi connectivity index (χ1v) is 11.1. The van der Waals surface area contributed by atoms with E-state index in [9.17, 15) is 13.2 Å². The first-order valence-electron chi connectivity index (χ1n) is 9.37. The summed E-state index contributed by atoms with van der Waals surface area (Å²) in [5.41, 5.74) is 3.68. The fourth-order valence-corrected chi connectivity index (χ4v) is 4.43. The Morgan fingerprint density at radius 1 is 1.07 bits per heavy atom. The first-order chi connectivity index (χ1) is 12.7. The van der Waals surface area contributed by atoms with Gasteiger partial charge in [-0.1, -0.05) is 67.4 Å². The van der Waals surface area contributed by atoms with Crippen molar-refractivity contribution in [2.45, 2.75) is 57.6 Å². The summed E-state index contributed by atoms with van der Waals surface area (Å²) in [6.45, 7) is 7.34. The zero-order valence-electron chi connectivity index (χ0n) is 16.5. The number of hydrogen-bond donors (Lipinski definition) is 1. The topological polar surface area (TPSA) is 63.2 Å². The highest BCUT2D eigenvalue weighted by molar-refractivity contribution is 7.92. The zero-order valence-corrected chi connectivity index (χ0v) is 17.3. The molecule has 4 nitrogen and oxygen atoms in total. The summed E-state index contributed by atoms with van der Waals surface area (Å²) in [5, 5.41) is 1.84. The van der Waals surface area contributed by atoms with Gasteiger partial charge in [-0.15, -0.1) is 0 Å². The molecule has 0 saturated carbocycles. The van der Waals surface area contributed by atoms with Crippen LogP contribution < -0.4 is 5.32 Å². The van der Waals surface area contributed by atoms with Crippen molar-refractivity contribution in [3.8, 4) is 0 Å². The maximum atomic E-state index is 12.8. The lowest BCUT2D eigenvalue weighted by Gasteiger charge is -2.21. The fraction of sp³-hybridized carbons (Fsp3) is 0.409. The van der Waals surface area contributed by atoms with Crippen LogP contribution in [0.1, 0.15) is 55.0 Å². The Balaban J connectivity index is 2.15. The quantitative estimate of drug-likeness (QED) is 0.736. The molecule has 0 fully saturated rings. The van der Waals surface area contributed by atoms with Crippen molar-refractivity contribution in [2.24, 2.45) is 0 Å². The average Bonchev–Trinajstić information content (AvgIpc) is 2.64. The Morgan fingerprint density at radius 3 is 2.37 bits per heavy atom. The van der Waals surface area contributed by atoms with Gasteiger partial charge < -0.3 is 5.32 Å². The molecule has 2 rings (SSSR count). The van der Waals surface area contributed by atoms with Crippen LogP contribution in [0.4, 0.5) is 0 Å². The van der Waals surface area contributed by atoms with E-state index in [4.69, 9.17) is 0 Å². The lowest BCUT2D eigenvalue weighted by Crippen LogP contribution is -2.40. The van der Waals surface area contributed by atoms with E-state index in [-0.39, 0.29) is 11.8 Å². The molecule has 0 bridgehead atoms. The SMILES string of the molecule is CCC[C@H](NC(=O)[C@H](C)S(=O)(=O)Cc1cc(C)ccc1C)c1ccccc1. The number of nitrogens with one attached hydrogen (secondary N) is 1. The number of aryl methyl sites for hydroxylation is 2. The highest BCUT2D eigenvalue weighted by Gasteiger charge is 2.30. The highest BCUT2D eigenvalue weighted by Crippen LogP contribution is 2.21. The van der Waals surface area contributed by atoms with Gasteiger partial charge in [0.05, 0.1) is 11.8 Å². The number of carbonyl (C=O) groups excluding carboxylic acids is 1. The van der Waals surface area contributed by atoms with Crippen LogP contribution in [0.25, 0.3) is 0 Å². The van der Waals surface area contributed by atoms with E-state index >= 15 is 0 Å². The van der Waals surface area contributed by atoms with E-state index in [0.29, 0.717) is 0 Å². The molecule has 0 saturated heterocycles.